The number of rotatable bonds is 7. The van der Waals surface area contributed by atoms with Gasteiger partial charge in [0.25, 0.3) is 11.5 Å². The smallest absolute Gasteiger partial charge is 0.326 e. The summed E-state index contributed by atoms with van der Waals surface area (Å²) < 4.78 is 1.37. The number of hydrogen-bond acceptors (Lipinski definition) is 3. The zero-order valence-corrected chi connectivity index (χ0v) is 21.1. The summed E-state index contributed by atoms with van der Waals surface area (Å²) in [5.41, 5.74) is 2.42. The Bertz CT molecular complexity index is 1090. The average molecular weight is 467 g/mol. The zero-order valence-electron chi connectivity index (χ0n) is 21.1. The van der Waals surface area contributed by atoms with Gasteiger partial charge in [-0.3, -0.25) is 14.2 Å². The fourth-order valence-corrected chi connectivity index (χ4v) is 4.92. The SMILES string of the molecule is Cc1ccc(-c2c(C)c(C(=O)NCC3CCCCC3)cc(=O)n2[C@@H](CC(C)(C)C)C(=O)O)cc1. The van der Waals surface area contributed by atoms with Crippen molar-refractivity contribution in [2.75, 3.05) is 6.54 Å². The van der Waals surface area contributed by atoms with Crippen LogP contribution in [0.3, 0.4) is 0 Å². The van der Waals surface area contributed by atoms with Gasteiger partial charge in [-0.15, -0.1) is 0 Å². The molecule has 1 aliphatic rings. The van der Waals surface area contributed by atoms with Crippen LogP contribution < -0.4 is 10.9 Å². The number of carboxylic acids is 1. The number of carbonyl (C=O) groups excluding carboxylic acids is 1. The van der Waals surface area contributed by atoms with Gasteiger partial charge < -0.3 is 10.4 Å². The van der Waals surface area contributed by atoms with Crippen molar-refractivity contribution < 1.29 is 14.7 Å². The van der Waals surface area contributed by atoms with E-state index in [-0.39, 0.29) is 17.7 Å². The molecular formula is C28H38N2O4. The van der Waals surface area contributed by atoms with Gasteiger partial charge in [0, 0.05) is 18.2 Å². The topological polar surface area (TPSA) is 88.4 Å². The van der Waals surface area contributed by atoms with E-state index < -0.39 is 17.6 Å². The van der Waals surface area contributed by atoms with E-state index in [0.717, 1.165) is 24.0 Å². The van der Waals surface area contributed by atoms with E-state index in [1.165, 1.54) is 29.9 Å². The van der Waals surface area contributed by atoms with E-state index in [2.05, 4.69) is 5.32 Å². The first-order valence-electron chi connectivity index (χ1n) is 12.3. The van der Waals surface area contributed by atoms with E-state index in [9.17, 15) is 19.5 Å². The van der Waals surface area contributed by atoms with Gasteiger partial charge in [-0.1, -0.05) is 69.9 Å². The third-order valence-corrected chi connectivity index (χ3v) is 6.75. The number of aryl methyl sites for hydroxylation is 1. The summed E-state index contributed by atoms with van der Waals surface area (Å²) in [5, 5.41) is 13.1. The van der Waals surface area contributed by atoms with Gasteiger partial charge in [-0.05, 0) is 55.6 Å². The fraction of sp³-hybridized carbons (Fsp3) is 0.536. The predicted octanol–water partition coefficient (Wildman–Crippen LogP) is 5.50. The molecule has 1 aromatic heterocycles. The van der Waals surface area contributed by atoms with Crippen molar-refractivity contribution in [3.05, 3.63) is 57.4 Å². The Morgan fingerprint density at radius 3 is 2.26 bits per heavy atom. The molecule has 1 fully saturated rings. The Morgan fingerprint density at radius 1 is 1.09 bits per heavy atom. The van der Waals surface area contributed by atoms with Crippen LogP contribution in [0.15, 0.2) is 35.1 Å². The van der Waals surface area contributed by atoms with Gasteiger partial charge in [-0.25, -0.2) is 4.79 Å². The highest BCUT2D eigenvalue weighted by Gasteiger charge is 2.31. The minimum atomic E-state index is -1.06. The summed E-state index contributed by atoms with van der Waals surface area (Å²) in [6, 6.07) is 7.89. The zero-order chi connectivity index (χ0) is 25.0. The van der Waals surface area contributed by atoms with Crippen LogP contribution in [-0.2, 0) is 4.79 Å². The lowest BCUT2D eigenvalue weighted by Crippen LogP contribution is -2.36. The number of benzene rings is 1. The molecule has 2 N–H and O–H groups in total. The lowest BCUT2D eigenvalue weighted by molar-refractivity contribution is -0.141. The van der Waals surface area contributed by atoms with Crippen LogP contribution in [0.5, 0.6) is 0 Å². The Morgan fingerprint density at radius 2 is 1.71 bits per heavy atom. The fourth-order valence-electron chi connectivity index (χ4n) is 4.92. The molecule has 1 amide bonds. The summed E-state index contributed by atoms with van der Waals surface area (Å²) in [7, 11) is 0. The number of pyridine rings is 1. The number of aliphatic carboxylic acids is 1. The quantitative estimate of drug-likeness (QED) is 0.564. The lowest BCUT2D eigenvalue weighted by Gasteiger charge is -2.28. The highest BCUT2D eigenvalue weighted by Crippen LogP contribution is 2.33. The number of carboxylic acid groups (broad SMARTS) is 1. The molecule has 0 aliphatic heterocycles. The molecule has 1 heterocycles. The molecule has 2 aromatic rings. The van der Waals surface area contributed by atoms with Crippen LogP contribution in [-0.4, -0.2) is 28.1 Å². The molecule has 1 aromatic carbocycles. The normalized spacial score (nSPS) is 15.7. The summed E-state index contributed by atoms with van der Waals surface area (Å²) in [4.78, 5) is 38.9. The van der Waals surface area contributed by atoms with E-state index in [4.69, 9.17) is 0 Å². The molecule has 34 heavy (non-hydrogen) atoms. The molecule has 3 rings (SSSR count). The van der Waals surface area contributed by atoms with E-state index in [1.807, 2.05) is 52.0 Å². The number of hydrogen-bond donors (Lipinski definition) is 2. The first-order chi connectivity index (χ1) is 16.0. The van der Waals surface area contributed by atoms with Gasteiger partial charge in [0.2, 0.25) is 0 Å². The third kappa shape index (κ3) is 6.16. The molecule has 1 atom stereocenters. The van der Waals surface area contributed by atoms with Gasteiger partial charge in [0.15, 0.2) is 0 Å². The number of aromatic nitrogens is 1. The standard InChI is InChI=1S/C28H38N2O4/c1-18-11-13-21(14-12-18)25-19(2)22(26(32)29-17-20-9-7-6-8-10-20)15-24(31)30(25)23(27(33)34)16-28(3,4)5/h11-15,20,23H,6-10,16-17H2,1-5H3,(H,29,32)(H,33,34)/t23-/m0/s1. The van der Waals surface area contributed by atoms with Crippen molar-refractivity contribution in [1.29, 1.82) is 0 Å². The number of nitrogens with one attached hydrogen (secondary N) is 1. The number of nitrogens with zero attached hydrogens (tertiary/aromatic N) is 1. The Labute approximate surface area is 202 Å². The molecule has 1 aliphatic carbocycles. The van der Waals surface area contributed by atoms with E-state index >= 15 is 0 Å². The Balaban J connectivity index is 2.10. The minimum Gasteiger partial charge on any atom is -0.480 e. The largest absolute Gasteiger partial charge is 0.480 e. The second kappa shape index (κ2) is 10.6. The lowest BCUT2D eigenvalue weighted by atomic mass is 9.87. The molecule has 6 nitrogen and oxygen atoms in total. The molecule has 0 saturated heterocycles. The van der Waals surface area contributed by atoms with Crippen molar-refractivity contribution >= 4 is 11.9 Å². The maximum absolute atomic E-state index is 13.4. The molecular weight excluding hydrogens is 428 g/mol. The van der Waals surface area contributed by atoms with Crippen LogP contribution in [0, 0.1) is 25.2 Å². The van der Waals surface area contributed by atoms with Gasteiger partial charge in [-0.2, -0.15) is 0 Å². The molecule has 0 unspecified atom stereocenters. The molecule has 6 heteroatoms. The van der Waals surface area contributed by atoms with Gasteiger partial charge >= 0.3 is 5.97 Å². The third-order valence-electron chi connectivity index (χ3n) is 6.75. The maximum Gasteiger partial charge on any atom is 0.326 e. The highest BCUT2D eigenvalue weighted by molar-refractivity contribution is 5.97. The van der Waals surface area contributed by atoms with Crippen LogP contribution in [0.2, 0.25) is 0 Å². The highest BCUT2D eigenvalue weighted by atomic mass is 16.4. The first kappa shape index (κ1) is 25.7. The van der Waals surface area contributed by atoms with Crippen molar-refractivity contribution in [2.45, 2.75) is 79.2 Å². The monoisotopic (exact) mass is 466 g/mol. The van der Waals surface area contributed by atoms with Gasteiger partial charge in [0.1, 0.15) is 6.04 Å². The van der Waals surface area contributed by atoms with E-state index in [0.29, 0.717) is 29.3 Å². The Kier molecular flexibility index (Phi) is 8.01. The van der Waals surface area contributed by atoms with Crippen LogP contribution in [0.4, 0.5) is 0 Å². The van der Waals surface area contributed by atoms with Crippen molar-refractivity contribution in [3.8, 4) is 11.3 Å². The van der Waals surface area contributed by atoms with Crippen LogP contribution >= 0.6 is 0 Å². The second-order valence-corrected chi connectivity index (χ2v) is 10.9. The summed E-state index contributed by atoms with van der Waals surface area (Å²) in [6.45, 7) is 10.2. The van der Waals surface area contributed by atoms with Crippen molar-refractivity contribution in [3.63, 3.8) is 0 Å². The minimum absolute atomic E-state index is 0.275. The summed E-state index contributed by atoms with van der Waals surface area (Å²) >= 11 is 0. The molecule has 0 radical (unpaired) electrons. The second-order valence-electron chi connectivity index (χ2n) is 10.9. The maximum atomic E-state index is 13.4. The number of carbonyl (C=O) groups is 2. The Hall–Kier alpha value is -2.89. The van der Waals surface area contributed by atoms with Crippen LogP contribution in [0.25, 0.3) is 11.3 Å². The predicted molar refractivity (Wildman–Crippen MR) is 135 cm³/mol. The molecule has 184 valence electrons. The molecule has 0 bridgehead atoms. The van der Waals surface area contributed by atoms with Crippen LogP contribution in [0.1, 0.15) is 86.8 Å². The van der Waals surface area contributed by atoms with Gasteiger partial charge in [0.05, 0.1) is 5.69 Å². The first-order valence-corrected chi connectivity index (χ1v) is 12.3. The summed E-state index contributed by atoms with van der Waals surface area (Å²) in [6.07, 6.45) is 6.15. The van der Waals surface area contributed by atoms with Crippen molar-refractivity contribution in [2.24, 2.45) is 11.3 Å². The number of amides is 1. The average Bonchev–Trinajstić information content (AvgIpc) is 2.78. The van der Waals surface area contributed by atoms with E-state index in [1.54, 1.807) is 6.92 Å². The van der Waals surface area contributed by atoms with Crippen molar-refractivity contribution in [1.82, 2.24) is 9.88 Å². The summed E-state index contributed by atoms with van der Waals surface area (Å²) in [5.74, 6) is -0.860. The molecule has 1 saturated carbocycles. The molecule has 0 spiro atoms.